The van der Waals surface area contributed by atoms with Crippen LogP contribution in [0.5, 0.6) is 0 Å². The summed E-state index contributed by atoms with van der Waals surface area (Å²) in [5.41, 5.74) is 0. The van der Waals surface area contributed by atoms with Crippen molar-refractivity contribution in [3.63, 3.8) is 0 Å². The van der Waals surface area contributed by atoms with Gasteiger partial charge < -0.3 is 0 Å². The van der Waals surface area contributed by atoms with Gasteiger partial charge in [-0.3, -0.25) is 0 Å². The molecular formula is C2H7NOSi. The van der Waals surface area contributed by atoms with Gasteiger partial charge in [-0.1, -0.05) is 6.55 Å². The van der Waals surface area contributed by atoms with Gasteiger partial charge >= 0.3 is 0 Å². The summed E-state index contributed by atoms with van der Waals surface area (Å²) in [7, 11) is 1.31. The zero-order valence-corrected chi connectivity index (χ0v) is 5.41. The van der Waals surface area contributed by atoms with Crippen LogP contribution >= 0.6 is 0 Å². The first kappa shape index (κ1) is 8.82. The zero-order valence-electron chi connectivity index (χ0n) is 3.41. The van der Waals surface area contributed by atoms with Crippen molar-refractivity contribution in [3.05, 3.63) is 0 Å². The molecular weight excluding hydrogens is 82.1 g/mol. The van der Waals surface area contributed by atoms with E-state index >= 15 is 0 Å². The van der Waals surface area contributed by atoms with Crippen molar-refractivity contribution in [2.45, 2.75) is 6.55 Å². The second-order valence-electron chi connectivity index (χ2n) is 0.102. The van der Waals surface area contributed by atoms with Crippen molar-refractivity contribution in [2.24, 2.45) is 0 Å². The molecule has 0 aliphatic rings. The lowest BCUT2D eigenvalue weighted by Gasteiger charge is -1.04. The van der Waals surface area contributed by atoms with Gasteiger partial charge in [0.25, 0.3) is 0 Å². The normalized spacial score (nSPS) is 3.40. The molecule has 0 saturated heterocycles. The maximum Gasteiger partial charge on any atom is 0.231 e. The average Bonchev–Trinajstić information content (AvgIpc) is 1.46. The molecule has 0 saturated carbocycles. The van der Waals surface area contributed by atoms with Crippen LogP contribution in [-0.2, 0) is 4.79 Å². The van der Waals surface area contributed by atoms with Crippen LogP contribution in [0.2, 0.25) is 6.55 Å². The molecule has 2 nitrogen and oxygen atoms in total. The molecule has 0 amide bonds. The third-order valence-electron chi connectivity index (χ3n) is 0. The van der Waals surface area contributed by atoms with Crippen LogP contribution in [0.1, 0.15) is 0 Å². The summed E-state index contributed by atoms with van der Waals surface area (Å²) in [6.45, 7) is 2.14. The highest BCUT2D eigenvalue weighted by Gasteiger charge is 1.03. The Balaban J connectivity index is 0. The summed E-state index contributed by atoms with van der Waals surface area (Å²) in [5.74, 6) is 0. The SMILES string of the molecule is C[SiH3].N=C=O. The van der Waals surface area contributed by atoms with E-state index in [9.17, 15) is 0 Å². The molecule has 0 fully saturated rings. The highest BCUT2D eigenvalue weighted by Crippen LogP contribution is 0.960. The Kier molecular flexibility index (Phi) is 120. The van der Waals surface area contributed by atoms with Crippen LogP contribution in [0.15, 0.2) is 0 Å². The van der Waals surface area contributed by atoms with Gasteiger partial charge in [0.1, 0.15) is 0 Å². The second kappa shape index (κ2) is 68.1. The highest BCUT2D eigenvalue weighted by atomic mass is 28.1. The van der Waals surface area contributed by atoms with Gasteiger partial charge in [0.05, 0.1) is 0 Å². The van der Waals surface area contributed by atoms with E-state index in [2.05, 4.69) is 6.55 Å². The van der Waals surface area contributed by atoms with Crippen LogP contribution in [0.3, 0.4) is 0 Å². The number of hydrogen-bond acceptors (Lipinski definition) is 2. The maximum atomic E-state index is 8.35. The van der Waals surface area contributed by atoms with Gasteiger partial charge in [0, 0.05) is 0 Å². The van der Waals surface area contributed by atoms with Gasteiger partial charge in [-0.05, 0) is 10.2 Å². The zero-order chi connectivity index (χ0) is 4.71. The molecule has 0 aromatic heterocycles. The van der Waals surface area contributed by atoms with Gasteiger partial charge in [0.15, 0.2) is 0 Å². The molecule has 0 aromatic rings. The second-order valence-corrected chi connectivity index (χ2v) is 0.102. The topological polar surface area (TPSA) is 40.9 Å². The first-order valence-electron chi connectivity index (χ1n) is 1.45. The number of rotatable bonds is 0. The molecule has 5 heavy (non-hydrogen) atoms. The monoisotopic (exact) mass is 89.0 g/mol. The van der Waals surface area contributed by atoms with Crippen LogP contribution in [-0.4, -0.2) is 16.3 Å². The van der Waals surface area contributed by atoms with Crippen LogP contribution in [0, 0.1) is 5.41 Å². The van der Waals surface area contributed by atoms with Gasteiger partial charge in [0.2, 0.25) is 6.08 Å². The summed E-state index contributed by atoms with van der Waals surface area (Å²) in [5, 5.41) is 5.40. The summed E-state index contributed by atoms with van der Waals surface area (Å²) in [6.07, 6.45) is 0.750. The van der Waals surface area contributed by atoms with Crippen molar-refractivity contribution in [2.75, 3.05) is 0 Å². The number of carbonyl (C=O) groups excluding carboxylic acids is 1. The summed E-state index contributed by atoms with van der Waals surface area (Å²) in [6, 6.07) is 0. The quantitative estimate of drug-likeness (QED) is 0.238. The first-order chi connectivity index (χ1) is 2.41. The Bertz CT molecular complexity index is 30.6. The average molecular weight is 89.2 g/mol. The standard InChI is InChI=1S/CHNO.CH6Si/c2-1-3;1-2/h2H;1-2H3. The van der Waals surface area contributed by atoms with E-state index in [1.165, 1.54) is 10.2 Å². The Hall–Kier alpha value is -0.403. The van der Waals surface area contributed by atoms with E-state index in [-0.39, 0.29) is 0 Å². The van der Waals surface area contributed by atoms with E-state index in [1.54, 1.807) is 0 Å². The number of nitrogens with one attached hydrogen (secondary N) is 1. The molecule has 0 heterocycles. The third kappa shape index (κ3) is 56.4. The number of hydrogen-bond donors (Lipinski definition) is 1. The molecule has 0 bridgehead atoms. The summed E-state index contributed by atoms with van der Waals surface area (Å²) in [4.78, 5) is 8.35. The molecule has 0 rings (SSSR count). The summed E-state index contributed by atoms with van der Waals surface area (Å²) < 4.78 is 0. The number of isocyanates is 1. The Morgan fingerprint density at radius 3 is 1.80 bits per heavy atom. The highest BCUT2D eigenvalue weighted by molar-refractivity contribution is 6.05. The van der Waals surface area contributed by atoms with Crippen molar-refractivity contribution in [1.82, 2.24) is 0 Å². The molecule has 0 radical (unpaired) electrons. The van der Waals surface area contributed by atoms with Crippen LogP contribution in [0.25, 0.3) is 0 Å². The smallest absolute Gasteiger partial charge is 0.222 e. The lowest BCUT2D eigenvalue weighted by Crippen LogP contribution is -1.16. The molecule has 0 spiro atoms. The predicted molar refractivity (Wildman–Crippen MR) is 24.2 cm³/mol. The van der Waals surface area contributed by atoms with E-state index in [1.807, 2.05) is 0 Å². The minimum absolute atomic E-state index is 0.750. The molecule has 1 N–H and O–H groups in total. The lowest BCUT2D eigenvalue weighted by molar-refractivity contribution is 0.563. The lowest BCUT2D eigenvalue weighted by atomic mass is 11.7. The third-order valence-corrected chi connectivity index (χ3v) is 0. The molecule has 30 valence electrons. The van der Waals surface area contributed by atoms with Crippen LogP contribution in [0.4, 0.5) is 0 Å². The molecule has 0 aromatic carbocycles. The van der Waals surface area contributed by atoms with E-state index in [0.717, 1.165) is 6.08 Å². The van der Waals surface area contributed by atoms with Crippen molar-refractivity contribution in [1.29, 1.82) is 5.41 Å². The minimum atomic E-state index is 0.750. The van der Waals surface area contributed by atoms with E-state index in [0.29, 0.717) is 0 Å². The van der Waals surface area contributed by atoms with Crippen molar-refractivity contribution < 1.29 is 4.79 Å². The molecule has 0 unspecified atom stereocenters. The molecule has 0 aliphatic carbocycles. The molecule has 3 heteroatoms. The largest absolute Gasteiger partial charge is 0.231 e. The molecule has 0 atom stereocenters. The summed E-state index contributed by atoms with van der Waals surface area (Å²) >= 11 is 0. The maximum absolute atomic E-state index is 8.35. The van der Waals surface area contributed by atoms with Gasteiger partial charge in [-0.15, -0.1) is 0 Å². The van der Waals surface area contributed by atoms with Crippen molar-refractivity contribution in [3.8, 4) is 0 Å². The molecule has 0 aliphatic heterocycles. The fourth-order valence-electron chi connectivity index (χ4n) is 0. The minimum Gasteiger partial charge on any atom is -0.222 e. The van der Waals surface area contributed by atoms with Crippen LogP contribution < -0.4 is 0 Å². The Morgan fingerprint density at radius 2 is 1.80 bits per heavy atom. The first-order valence-corrected chi connectivity index (χ1v) is 3.45. The van der Waals surface area contributed by atoms with Gasteiger partial charge in [-0.25, -0.2) is 10.2 Å². The Morgan fingerprint density at radius 1 is 1.80 bits per heavy atom. The van der Waals surface area contributed by atoms with Crippen molar-refractivity contribution >= 4 is 16.3 Å². The van der Waals surface area contributed by atoms with E-state index < -0.39 is 0 Å². The van der Waals surface area contributed by atoms with Gasteiger partial charge in [-0.2, -0.15) is 0 Å². The Labute approximate surface area is 34.1 Å². The fourth-order valence-corrected chi connectivity index (χ4v) is 0. The fraction of sp³-hybridized carbons (Fsp3) is 0.500. The van der Waals surface area contributed by atoms with E-state index in [4.69, 9.17) is 10.2 Å². The predicted octanol–water partition coefficient (Wildman–Crippen LogP) is -0.699.